The van der Waals surface area contributed by atoms with E-state index in [0.717, 1.165) is 83.5 Å². The van der Waals surface area contributed by atoms with Gasteiger partial charge in [-0.25, -0.2) is 0 Å². The molecule has 0 radical (unpaired) electrons. The molecule has 0 aliphatic heterocycles. The van der Waals surface area contributed by atoms with Crippen LogP contribution in [-0.4, -0.2) is 46.9 Å². The molecule has 0 bridgehead atoms. The largest absolute Gasteiger partial charge is 0.462 e. The summed E-state index contributed by atoms with van der Waals surface area (Å²) in [4.78, 5) is 26.0. The summed E-state index contributed by atoms with van der Waals surface area (Å²) in [5.41, 5.74) is 0. The van der Waals surface area contributed by atoms with Crippen LogP contribution in [0.15, 0.2) is 97.2 Å². The van der Waals surface area contributed by atoms with Crippen LogP contribution in [0.3, 0.4) is 0 Å². The molecular weight excluding hydrogens is 695 g/mol. The van der Waals surface area contributed by atoms with E-state index >= 15 is 0 Å². The number of aliphatic hydroxyl groups is 2. The van der Waals surface area contributed by atoms with Gasteiger partial charge in [0.15, 0.2) is 0 Å². The zero-order valence-corrected chi connectivity index (χ0v) is 36.0. The van der Waals surface area contributed by atoms with Gasteiger partial charge in [0.1, 0.15) is 6.10 Å². The highest BCUT2D eigenvalue weighted by molar-refractivity contribution is 5.77. The normalized spacial score (nSPS) is 14.3. The number of hydrogen-bond donors (Lipinski definition) is 3. The van der Waals surface area contributed by atoms with Crippen molar-refractivity contribution in [2.45, 2.75) is 200 Å². The fourth-order valence-corrected chi connectivity index (χ4v) is 6.21. The highest BCUT2D eigenvalue weighted by Gasteiger charge is 2.24. The first-order chi connectivity index (χ1) is 27.5. The SMILES string of the molecule is CC/C=C/C=C/C=C\C=C/CCCCCC(=O)OC(CCCCC\C=C/C=C/C=C/C=C/CC)CC(=O)NC(CO)C(O)CCCCCCCCCCCCC. The van der Waals surface area contributed by atoms with Gasteiger partial charge >= 0.3 is 5.97 Å². The molecule has 3 atom stereocenters. The van der Waals surface area contributed by atoms with E-state index in [1.165, 1.54) is 51.4 Å². The maximum atomic E-state index is 13.1. The molecule has 1 amide bonds. The Labute approximate surface area is 344 Å². The second-order valence-electron chi connectivity index (χ2n) is 14.9. The summed E-state index contributed by atoms with van der Waals surface area (Å²) < 4.78 is 5.86. The average molecular weight is 778 g/mol. The number of carbonyl (C=O) groups is 2. The molecule has 0 aromatic carbocycles. The van der Waals surface area contributed by atoms with Crippen molar-refractivity contribution >= 4 is 11.9 Å². The van der Waals surface area contributed by atoms with Crippen LogP contribution in [0.1, 0.15) is 181 Å². The smallest absolute Gasteiger partial charge is 0.306 e. The molecule has 0 aliphatic rings. The first kappa shape index (κ1) is 52.8. The number of nitrogens with one attached hydrogen (secondary N) is 1. The number of amides is 1. The molecular formula is C50H83NO5. The molecule has 6 nitrogen and oxygen atoms in total. The number of hydrogen-bond acceptors (Lipinski definition) is 5. The molecule has 3 N–H and O–H groups in total. The second-order valence-corrected chi connectivity index (χ2v) is 14.9. The van der Waals surface area contributed by atoms with Crippen LogP contribution < -0.4 is 5.32 Å². The quantitative estimate of drug-likeness (QED) is 0.0330. The van der Waals surface area contributed by atoms with Crippen molar-refractivity contribution in [2.24, 2.45) is 0 Å². The van der Waals surface area contributed by atoms with Gasteiger partial charge in [0.2, 0.25) is 5.91 Å². The van der Waals surface area contributed by atoms with E-state index in [1.54, 1.807) is 0 Å². The lowest BCUT2D eigenvalue weighted by Crippen LogP contribution is -2.46. The van der Waals surface area contributed by atoms with Gasteiger partial charge in [0.25, 0.3) is 0 Å². The number of ether oxygens (including phenoxy) is 1. The van der Waals surface area contributed by atoms with E-state index in [4.69, 9.17) is 4.74 Å². The second kappa shape index (κ2) is 42.9. The topological polar surface area (TPSA) is 95.9 Å². The Morgan fingerprint density at radius 1 is 0.536 bits per heavy atom. The molecule has 56 heavy (non-hydrogen) atoms. The summed E-state index contributed by atoms with van der Waals surface area (Å²) in [5, 5.41) is 23.6. The van der Waals surface area contributed by atoms with Gasteiger partial charge in [-0.1, -0.05) is 201 Å². The minimum absolute atomic E-state index is 0.0292. The third-order valence-electron chi connectivity index (χ3n) is 9.60. The van der Waals surface area contributed by atoms with Crippen LogP contribution in [0.25, 0.3) is 0 Å². The Morgan fingerprint density at radius 3 is 1.46 bits per heavy atom. The molecule has 0 rings (SSSR count). The Bertz CT molecular complexity index is 1140. The van der Waals surface area contributed by atoms with E-state index < -0.39 is 18.2 Å². The Morgan fingerprint density at radius 2 is 0.964 bits per heavy atom. The van der Waals surface area contributed by atoms with E-state index in [2.05, 4.69) is 62.5 Å². The predicted molar refractivity (Wildman–Crippen MR) is 240 cm³/mol. The van der Waals surface area contributed by atoms with Crippen molar-refractivity contribution in [3.8, 4) is 0 Å². The molecule has 0 aromatic rings. The van der Waals surface area contributed by atoms with Crippen LogP contribution in [-0.2, 0) is 14.3 Å². The lowest BCUT2D eigenvalue weighted by Gasteiger charge is -2.24. The van der Waals surface area contributed by atoms with Crippen molar-refractivity contribution in [3.05, 3.63) is 97.2 Å². The van der Waals surface area contributed by atoms with Gasteiger partial charge in [-0.3, -0.25) is 9.59 Å². The maximum Gasteiger partial charge on any atom is 0.306 e. The van der Waals surface area contributed by atoms with E-state index in [0.29, 0.717) is 19.3 Å². The van der Waals surface area contributed by atoms with Gasteiger partial charge < -0.3 is 20.3 Å². The van der Waals surface area contributed by atoms with Crippen molar-refractivity contribution in [1.82, 2.24) is 5.32 Å². The van der Waals surface area contributed by atoms with Gasteiger partial charge in [-0.05, 0) is 64.2 Å². The zero-order chi connectivity index (χ0) is 41.0. The monoisotopic (exact) mass is 778 g/mol. The van der Waals surface area contributed by atoms with Gasteiger partial charge in [0.05, 0.1) is 25.2 Å². The molecule has 318 valence electrons. The van der Waals surface area contributed by atoms with E-state index in [-0.39, 0.29) is 24.9 Å². The standard InChI is InChI=1S/C50H83NO5/c1-4-7-10-13-16-19-22-24-27-29-32-35-38-41-46(56-50(55)43-40-37-34-31-28-25-23-20-17-14-11-8-5-2)44-49(54)51-47(45-52)48(53)42-39-36-33-30-26-21-18-15-12-9-6-3/h7-8,10-11,13-14,16-17,19-20,22-25,27-28,46-48,52-53H,4-6,9,12,15,18,21,26,29-45H2,1-3H3,(H,51,54)/b10-7+,11-8+,16-13+,17-14+,22-19+,23-20-,27-24-,28-25-. The zero-order valence-electron chi connectivity index (χ0n) is 36.0. The third-order valence-corrected chi connectivity index (χ3v) is 9.60. The maximum absolute atomic E-state index is 13.1. The molecule has 0 aromatic heterocycles. The molecule has 0 aliphatic carbocycles. The molecule has 0 saturated carbocycles. The van der Waals surface area contributed by atoms with Gasteiger partial charge in [-0.15, -0.1) is 0 Å². The van der Waals surface area contributed by atoms with Crippen LogP contribution in [0, 0.1) is 0 Å². The van der Waals surface area contributed by atoms with Crippen molar-refractivity contribution in [2.75, 3.05) is 6.61 Å². The Kier molecular flexibility index (Phi) is 40.4. The lowest BCUT2D eigenvalue weighted by atomic mass is 10.0. The predicted octanol–water partition coefficient (Wildman–Crippen LogP) is 13.0. The van der Waals surface area contributed by atoms with E-state index in [1.807, 2.05) is 60.8 Å². The van der Waals surface area contributed by atoms with Gasteiger partial charge in [0, 0.05) is 6.42 Å². The first-order valence-electron chi connectivity index (χ1n) is 22.6. The molecule has 3 unspecified atom stereocenters. The Balaban J connectivity index is 4.78. The number of esters is 1. The minimum Gasteiger partial charge on any atom is -0.462 e. The number of aliphatic hydroxyl groups excluding tert-OH is 2. The number of rotatable bonds is 38. The number of carbonyl (C=O) groups excluding carboxylic acids is 2. The molecule has 0 spiro atoms. The highest BCUT2D eigenvalue weighted by atomic mass is 16.5. The molecule has 6 heteroatoms. The summed E-state index contributed by atoms with van der Waals surface area (Å²) in [7, 11) is 0. The van der Waals surface area contributed by atoms with Crippen LogP contribution >= 0.6 is 0 Å². The Hall–Kier alpha value is -3.22. The molecule has 0 saturated heterocycles. The van der Waals surface area contributed by atoms with Crippen molar-refractivity contribution in [3.63, 3.8) is 0 Å². The summed E-state index contributed by atoms with van der Waals surface area (Å²) in [6.07, 6.45) is 56.0. The lowest BCUT2D eigenvalue weighted by molar-refractivity contribution is -0.151. The summed E-state index contributed by atoms with van der Waals surface area (Å²) >= 11 is 0. The first-order valence-corrected chi connectivity index (χ1v) is 22.6. The summed E-state index contributed by atoms with van der Waals surface area (Å²) in [5.74, 6) is -0.572. The summed E-state index contributed by atoms with van der Waals surface area (Å²) in [6.45, 7) is 6.15. The number of allylic oxidation sites excluding steroid dienone is 16. The van der Waals surface area contributed by atoms with E-state index in [9.17, 15) is 19.8 Å². The third kappa shape index (κ3) is 37.7. The minimum atomic E-state index is -0.809. The van der Waals surface area contributed by atoms with Crippen molar-refractivity contribution in [1.29, 1.82) is 0 Å². The van der Waals surface area contributed by atoms with Gasteiger partial charge in [-0.2, -0.15) is 0 Å². The fourth-order valence-electron chi connectivity index (χ4n) is 6.21. The average Bonchev–Trinajstić information content (AvgIpc) is 3.19. The van der Waals surface area contributed by atoms with Crippen LogP contribution in [0.2, 0.25) is 0 Å². The summed E-state index contributed by atoms with van der Waals surface area (Å²) in [6, 6.07) is -0.727. The number of unbranched alkanes of at least 4 members (excludes halogenated alkanes) is 16. The molecule has 0 fully saturated rings. The van der Waals surface area contributed by atoms with Crippen LogP contribution in [0.5, 0.6) is 0 Å². The van der Waals surface area contributed by atoms with Crippen LogP contribution in [0.4, 0.5) is 0 Å². The van der Waals surface area contributed by atoms with Crippen molar-refractivity contribution < 1.29 is 24.5 Å². The molecule has 0 heterocycles. The fraction of sp³-hybridized carbons (Fsp3) is 0.640. The highest BCUT2D eigenvalue weighted by Crippen LogP contribution is 2.16.